The van der Waals surface area contributed by atoms with Crippen molar-refractivity contribution in [1.29, 1.82) is 0 Å². The van der Waals surface area contributed by atoms with Gasteiger partial charge in [-0.3, -0.25) is 0 Å². The van der Waals surface area contributed by atoms with Gasteiger partial charge in [0.05, 0.1) is 4.90 Å². The molecule has 172 valence electrons. The normalized spacial score (nSPS) is 10.7. The highest BCUT2D eigenvalue weighted by Gasteiger charge is 2.23. The van der Waals surface area contributed by atoms with Crippen LogP contribution in [0.5, 0.6) is 23.0 Å². The molecule has 0 aromatic heterocycles. The van der Waals surface area contributed by atoms with E-state index in [0.717, 1.165) is 16.7 Å². The fourth-order valence-corrected chi connectivity index (χ4v) is 4.96. The molecule has 0 N–H and O–H groups in total. The molecule has 0 aliphatic rings. The van der Waals surface area contributed by atoms with Crippen LogP contribution in [0.15, 0.2) is 94.7 Å². The smallest absolute Gasteiger partial charge is 0.210 e. The van der Waals surface area contributed by atoms with Gasteiger partial charge < -0.3 is 9.47 Å². The monoisotopic (exact) mass is 478 g/mol. The number of terminal acetylenes is 2. The van der Waals surface area contributed by atoms with Crippen LogP contribution in [-0.2, 0) is 9.84 Å². The standard InChI is InChI=1S/C30H22O4S/c1-5-23-11-9-14-27(21(23)3)33-25-17-19-26(20-18-25)35(31,32)30-16-8-7-13-29(30)34-28-15-10-12-24(6-2)22(28)4/h1-2,7-20H,3-4H3. The molecule has 0 aliphatic carbocycles. The number of hydrogen-bond donors (Lipinski definition) is 0. The number of benzene rings is 4. The second kappa shape index (κ2) is 9.81. The van der Waals surface area contributed by atoms with Gasteiger partial charge >= 0.3 is 0 Å². The molecule has 0 radical (unpaired) electrons. The van der Waals surface area contributed by atoms with Gasteiger partial charge in [0.25, 0.3) is 0 Å². The van der Waals surface area contributed by atoms with E-state index in [1.807, 2.05) is 32.0 Å². The van der Waals surface area contributed by atoms with Crippen LogP contribution in [-0.4, -0.2) is 8.42 Å². The van der Waals surface area contributed by atoms with Crippen LogP contribution in [0.3, 0.4) is 0 Å². The summed E-state index contributed by atoms with van der Waals surface area (Å²) < 4.78 is 38.9. The number of para-hydroxylation sites is 1. The molecule has 5 heteroatoms. The lowest BCUT2D eigenvalue weighted by atomic mass is 10.1. The van der Waals surface area contributed by atoms with E-state index in [0.29, 0.717) is 22.8 Å². The van der Waals surface area contributed by atoms with Crippen molar-refractivity contribution >= 4 is 9.84 Å². The highest BCUT2D eigenvalue weighted by Crippen LogP contribution is 2.35. The molecule has 0 saturated carbocycles. The SMILES string of the molecule is C#Cc1cccc(Oc2ccc(S(=O)(=O)c3ccccc3Oc3cccc(C#C)c3C)cc2)c1C. The fourth-order valence-electron chi connectivity index (χ4n) is 3.58. The predicted molar refractivity (Wildman–Crippen MR) is 137 cm³/mol. The highest BCUT2D eigenvalue weighted by molar-refractivity contribution is 7.91. The minimum Gasteiger partial charge on any atom is -0.457 e. The van der Waals surface area contributed by atoms with Crippen molar-refractivity contribution in [1.82, 2.24) is 0 Å². The maximum atomic E-state index is 13.5. The number of rotatable bonds is 6. The molecular weight excluding hydrogens is 456 g/mol. The van der Waals surface area contributed by atoms with Crippen molar-refractivity contribution in [3.8, 4) is 47.7 Å². The number of sulfone groups is 1. The third-order valence-corrected chi connectivity index (χ3v) is 7.41. The number of ether oxygens (including phenoxy) is 2. The maximum Gasteiger partial charge on any atom is 0.210 e. The number of hydrogen-bond acceptors (Lipinski definition) is 4. The van der Waals surface area contributed by atoms with Crippen molar-refractivity contribution in [2.45, 2.75) is 23.6 Å². The molecule has 0 atom stereocenters. The summed E-state index contributed by atoms with van der Waals surface area (Å²) in [6, 6.07) is 23.5. The first-order chi connectivity index (χ1) is 16.8. The first-order valence-corrected chi connectivity index (χ1v) is 12.3. The van der Waals surface area contributed by atoms with Crippen molar-refractivity contribution < 1.29 is 17.9 Å². The summed E-state index contributed by atoms with van der Waals surface area (Å²) in [5.41, 5.74) is 3.01. The molecule has 4 nitrogen and oxygen atoms in total. The Balaban J connectivity index is 1.64. The van der Waals surface area contributed by atoms with E-state index >= 15 is 0 Å². The molecule has 4 aromatic carbocycles. The lowest BCUT2D eigenvalue weighted by Gasteiger charge is -2.14. The van der Waals surface area contributed by atoms with Gasteiger partial charge in [0, 0.05) is 22.3 Å². The van der Waals surface area contributed by atoms with Crippen LogP contribution < -0.4 is 9.47 Å². The van der Waals surface area contributed by atoms with E-state index in [1.54, 1.807) is 48.5 Å². The van der Waals surface area contributed by atoms with Crippen LogP contribution in [0.2, 0.25) is 0 Å². The first-order valence-electron chi connectivity index (χ1n) is 10.8. The Morgan fingerprint density at radius 3 is 1.71 bits per heavy atom. The molecule has 35 heavy (non-hydrogen) atoms. The van der Waals surface area contributed by atoms with E-state index in [2.05, 4.69) is 11.8 Å². The molecule has 0 fully saturated rings. The first kappa shape index (κ1) is 23.7. The van der Waals surface area contributed by atoms with Crippen molar-refractivity contribution in [2.75, 3.05) is 0 Å². The third-order valence-electron chi connectivity index (χ3n) is 5.60. The van der Waals surface area contributed by atoms with Crippen LogP contribution in [0.1, 0.15) is 22.3 Å². The Hall–Kier alpha value is -4.45. The van der Waals surface area contributed by atoms with E-state index in [1.165, 1.54) is 18.2 Å². The predicted octanol–water partition coefficient (Wildman–Crippen LogP) is 6.68. The largest absolute Gasteiger partial charge is 0.457 e. The molecule has 4 aromatic rings. The summed E-state index contributed by atoms with van der Waals surface area (Å²) in [6.07, 6.45) is 11.1. The molecule has 4 rings (SSSR count). The van der Waals surface area contributed by atoms with Crippen LogP contribution in [0, 0.1) is 38.5 Å². The van der Waals surface area contributed by atoms with Crippen molar-refractivity contribution in [3.63, 3.8) is 0 Å². The Labute approximate surface area is 206 Å². The lowest BCUT2D eigenvalue weighted by Crippen LogP contribution is -2.04. The Kier molecular flexibility index (Phi) is 6.64. The molecule has 0 spiro atoms. The van der Waals surface area contributed by atoms with Gasteiger partial charge in [0.1, 0.15) is 27.9 Å². The van der Waals surface area contributed by atoms with Gasteiger partial charge in [-0.15, -0.1) is 12.8 Å². The van der Waals surface area contributed by atoms with Gasteiger partial charge in [-0.1, -0.05) is 36.1 Å². The average Bonchev–Trinajstić information content (AvgIpc) is 2.87. The zero-order chi connectivity index (χ0) is 25.0. The average molecular weight is 479 g/mol. The third kappa shape index (κ3) is 4.77. The van der Waals surface area contributed by atoms with Gasteiger partial charge in [0.15, 0.2) is 0 Å². The van der Waals surface area contributed by atoms with Crippen LogP contribution in [0.25, 0.3) is 0 Å². The maximum absolute atomic E-state index is 13.5. The van der Waals surface area contributed by atoms with Crippen LogP contribution >= 0.6 is 0 Å². The van der Waals surface area contributed by atoms with E-state index in [-0.39, 0.29) is 15.5 Å². The minimum atomic E-state index is -3.87. The molecule has 0 heterocycles. The topological polar surface area (TPSA) is 52.6 Å². The van der Waals surface area contributed by atoms with E-state index in [9.17, 15) is 8.42 Å². The fraction of sp³-hybridized carbons (Fsp3) is 0.0667. The van der Waals surface area contributed by atoms with Gasteiger partial charge in [0.2, 0.25) is 9.84 Å². The summed E-state index contributed by atoms with van der Waals surface area (Å²) in [5, 5.41) is 0. The van der Waals surface area contributed by atoms with Gasteiger partial charge in [-0.05, 0) is 74.5 Å². The van der Waals surface area contributed by atoms with Crippen molar-refractivity contribution in [3.05, 3.63) is 107 Å². The Bertz CT molecular complexity index is 1590. The van der Waals surface area contributed by atoms with Crippen LogP contribution in [0.4, 0.5) is 0 Å². The molecule has 0 saturated heterocycles. The second-order valence-electron chi connectivity index (χ2n) is 7.77. The summed E-state index contributed by atoms with van der Waals surface area (Å²) in [6.45, 7) is 3.71. The van der Waals surface area contributed by atoms with E-state index in [4.69, 9.17) is 22.3 Å². The molecular formula is C30H22O4S. The zero-order valence-corrected chi connectivity index (χ0v) is 20.1. The molecule has 0 amide bonds. The summed E-state index contributed by atoms with van der Waals surface area (Å²) >= 11 is 0. The van der Waals surface area contributed by atoms with Gasteiger partial charge in [-0.25, -0.2) is 8.42 Å². The summed E-state index contributed by atoms with van der Waals surface area (Å²) in [7, 11) is -3.87. The highest BCUT2D eigenvalue weighted by atomic mass is 32.2. The zero-order valence-electron chi connectivity index (χ0n) is 19.3. The quantitative estimate of drug-likeness (QED) is 0.290. The Morgan fingerprint density at radius 2 is 1.14 bits per heavy atom. The van der Waals surface area contributed by atoms with Gasteiger partial charge in [-0.2, -0.15) is 0 Å². The van der Waals surface area contributed by atoms with E-state index < -0.39 is 9.84 Å². The molecule has 0 unspecified atom stereocenters. The molecule has 0 aliphatic heterocycles. The van der Waals surface area contributed by atoms with Crippen molar-refractivity contribution in [2.24, 2.45) is 0 Å². The Morgan fingerprint density at radius 1 is 0.629 bits per heavy atom. The molecule has 0 bridgehead atoms. The lowest BCUT2D eigenvalue weighted by molar-refractivity contribution is 0.464. The second-order valence-corrected chi connectivity index (χ2v) is 9.69. The summed E-state index contributed by atoms with van der Waals surface area (Å²) in [4.78, 5) is 0.167. The minimum absolute atomic E-state index is 0.0525. The summed E-state index contributed by atoms with van der Waals surface area (Å²) in [5.74, 6) is 7.04.